The van der Waals surface area contributed by atoms with Crippen LogP contribution in [0.5, 0.6) is 0 Å². The van der Waals surface area contributed by atoms with E-state index in [1.165, 1.54) is 0 Å². The molecule has 0 aliphatic rings. The van der Waals surface area contributed by atoms with E-state index in [1.807, 2.05) is 6.08 Å². The van der Waals surface area contributed by atoms with Crippen molar-refractivity contribution in [3.8, 4) is 0 Å². The normalized spacial score (nSPS) is 10.7. The number of rotatable bonds is 11. The van der Waals surface area contributed by atoms with Gasteiger partial charge in [0.1, 0.15) is 0 Å². The maximum absolute atomic E-state index is 12.3. The van der Waals surface area contributed by atoms with Crippen molar-refractivity contribution in [1.29, 1.82) is 0 Å². The molecule has 0 rings (SSSR count). The van der Waals surface area contributed by atoms with E-state index in [0.29, 0.717) is 6.61 Å². The molecule has 0 aliphatic heterocycles. The first-order valence-corrected chi connectivity index (χ1v) is 7.47. The predicted octanol–water partition coefficient (Wildman–Crippen LogP) is 5.04. The topological polar surface area (TPSA) is 61.3 Å². The average molecular weight is 271 g/mol. The summed E-state index contributed by atoms with van der Waals surface area (Å²) >= 11 is 0. The second-order valence-corrected chi connectivity index (χ2v) is 5.06. The molecule has 0 amide bonds. The molecule has 3 heteroatoms. The number of unbranched alkanes of at least 4 members (excludes halogenated alkanes) is 3. The van der Waals surface area contributed by atoms with Crippen LogP contribution in [0.3, 0.4) is 0 Å². The molecule has 114 valence electrons. The maximum Gasteiger partial charge on any atom is 0.315 e. The van der Waals surface area contributed by atoms with Crippen LogP contribution in [0.4, 0.5) is 0 Å². The minimum Gasteiger partial charge on any atom is -0.465 e. The van der Waals surface area contributed by atoms with Gasteiger partial charge in [0.2, 0.25) is 0 Å². The van der Waals surface area contributed by atoms with Crippen LogP contribution in [-0.2, 0) is 9.53 Å². The van der Waals surface area contributed by atoms with E-state index in [2.05, 4.69) is 27.4 Å². The Morgan fingerprint density at radius 2 is 1.53 bits per heavy atom. The Balaban J connectivity index is 0. The fraction of sp³-hybridized carbons (Fsp3) is 0.812. The number of ether oxygens (including phenoxy) is 1. The van der Waals surface area contributed by atoms with Gasteiger partial charge in [-0.3, -0.25) is 4.79 Å². The Bertz CT molecular complexity index is 231. The third-order valence-corrected chi connectivity index (χ3v) is 3.48. The highest BCUT2D eigenvalue weighted by Gasteiger charge is 2.35. The molecule has 0 aromatic heterocycles. The lowest BCUT2D eigenvalue weighted by molar-refractivity contribution is -0.154. The molecule has 0 radical (unpaired) electrons. The van der Waals surface area contributed by atoms with Crippen molar-refractivity contribution in [1.82, 2.24) is 6.15 Å². The molecule has 0 aliphatic carbocycles. The molecular weight excluding hydrogens is 238 g/mol. The first kappa shape index (κ1) is 20.5. The minimum atomic E-state index is -0.445. The van der Waals surface area contributed by atoms with Gasteiger partial charge in [-0.05, 0) is 19.3 Å². The molecule has 0 atom stereocenters. The van der Waals surface area contributed by atoms with Gasteiger partial charge in [0.05, 0.1) is 12.0 Å². The van der Waals surface area contributed by atoms with Crippen LogP contribution in [0.1, 0.15) is 72.1 Å². The molecule has 3 N–H and O–H groups in total. The van der Waals surface area contributed by atoms with Gasteiger partial charge in [0.25, 0.3) is 0 Å². The molecular formula is C16H33NO2. The van der Waals surface area contributed by atoms with Crippen LogP contribution in [0.15, 0.2) is 12.7 Å². The molecule has 0 saturated carbocycles. The van der Waals surface area contributed by atoms with Gasteiger partial charge in [0.15, 0.2) is 0 Å². The third kappa shape index (κ3) is 7.36. The van der Waals surface area contributed by atoms with E-state index < -0.39 is 5.41 Å². The van der Waals surface area contributed by atoms with E-state index in [0.717, 1.165) is 51.4 Å². The summed E-state index contributed by atoms with van der Waals surface area (Å²) < 4.78 is 5.42. The fourth-order valence-electron chi connectivity index (χ4n) is 2.05. The Morgan fingerprint density at radius 1 is 1.05 bits per heavy atom. The largest absolute Gasteiger partial charge is 0.465 e. The van der Waals surface area contributed by atoms with Crippen molar-refractivity contribution >= 4 is 5.97 Å². The van der Waals surface area contributed by atoms with E-state index in [9.17, 15) is 4.79 Å². The molecule has 19 heavy (non-hydrogen) atoms. The highest BCUT2D eigenvalue weighted by Crippen LogP contribution is 2.34. The average Bonchev–Trinajstić information content (AvgIpc) is 2.40. The molecule has 3 nitrogen and oxygen atoms in total. The Kier molecular flexibility index (Phi) is 13.2. The van der Waals surface area contributed by atoms with E-state index >= 15 is 0 Å². The summed E-state index contributed by atoms with van der Waals surface area (Å²) in [7, 11) is 0. The molecule has 0 unspecified atom stereocenters. The lowest BCUT2D eigenvalue weighted by Crippen LogP contribution is -2.31. The van der Waals surface area contributed by atoms with Gasteiger partial charge < -0.3 is 10.9 Å². The highest BCUT2D eigenvalue weighted by molar-refractivity contribution is 5.79. The monoisotopic (exact) mass is 271 g/mol. The molecule has 0 heterocycles. The lowest BCUT2D eigenvalue weighted by atomic mass is 9.78. The second kappa shape index (κ2) is 12.2. The highest BCUT2D eigenvalue weighted by atomic mass is 16.5. The van der Waals surface area contributed by atoms with E-state index in [-0.39, 0.29) is 12.1 Å². The van der Waals surface area contributed by atoms with Gasteiger partial charge in [-0.25, -0.2) is 0 Å². The Hall–Kier alpha value is -0.830. The number of hydrogen-bond donors (Lipinski definition) is 1. The van der Waals surface area contributed by atoms with Crippen LogP contribution in [0, 0.1) is 5.41 Å². The number of hydrogen-bond acceptors (Lipinski definition) is 3. The summed E-state index contributed by atoms with van der Waals surface area (Å²) in [6.45, 7) is 10.8. The van der Waals surface area contributed by atoms with Crippen molar-refractivity contribution in [3.63, 3.8) is 0 Å². The number of carbonyl (C=O) groups excluding carboxylic acids is 1. The van der Waals surface area contributed by atoms with Crippen LogP contribution >= 0.6 is 0 Å². The summed E-state index contributed by atoms with van der Waals surface area (Å²) in [6.07, 6.45) is 9.88. The SMILES string of the molecule is C=CC(CCCC)(CCCC)C(=O)OCCCC.N. The van der Waals surface area contributed by atoms with Crippen LogP contribution in [0.25, 0.3) is 0 Å². The van der Waals surface area contributed by atoms with Crippen molar-refractivity contribution in [2.45, 2.75) is 72.1 Å². The Morgan fingerprint density at radius 3 is 1.89 bits per heavy atom. The molecule has 0 fully saturated rings. The van der Waals surface area contributed by atoms with Crippen molar-refractivity contribution in [2.24, 2.45) is 5.41 Å². The molecule has 0 saturated heterocycles. The Labute approximate surface area is 119 Å². The molecule has 0 aromatic carbocycles. The van der Waals surface area contributed by atoms with Gasteiger partial charge in [-0.2, -0.15) is 0 Å². The summed E-state index contributed by atoms with van der Waals surface area (Å²) in [6, 6.07) is 0. The molecule has 0 bridgehead atoms. The van der Waals surface area contributed by atoms with Gasteiger partial charge in [-0.15, -0.1) is 6.58 Å². The van der Waals surface area contributed by atoms with E-state index in [4.69, 9.17) is 4.74 Å². The van der Waals surface area contributed by atoms with Crippen LogP contribution < -0.4 is 6.15 Å². The summed E-state index contributed by atoms with van der Waals surface area (Å²) in [5.41, 5.74) is -0.445. The number of carbonyl (C=O) groups is 1. The quantitative estimate of drug-likeness (QED) is 0.325. The minimum absolute atomic E-state index is 0. The predicted molar refractivity (Wildman–Crippen MR) is 82.6 cm³/mol. The third-order valence-electron chi connectivity index (χ3n) is 3.48. The summed E-state index contributed by atoms with van der Waals surface area (Å²) in [5.74, 6) is -0.0622. The smallest absolute Gasteiger partial charge is 0.315 e. The first-order chi connectivity index (χ1) is 8.66. The maximum atomic E-state index is 12.3. The van der Waals surface area contributed by atoms with Gasteiger partial charge >= 0.3 is 5.97 Å². The zero-order valence-corrected chi connectivity index (χ0v) is 13.2. The van der Waals surface area contributed by atoms with Crippen molar-refractivity contribution in [2.75, 3.05) is 6.61 Å². The summed E-state index contributed by atoms with van der Waals surface area (Å²) in [5, 5.41) is 0. The van der Waals surface area contributed by atoms with Gasteiger partial charge in [-0.1, -0.05) is 59.0 Å². The summed E-state index contributed by atoms with van der Waals surface area (Å²) in [4.78, 5) is 12.3. The van der Waals surface area contributed by atoms with E-state index in [1.54, 1.807) is 0 Å². The molecule has 0 spiro atoms. The van der Waals surface area contributed by atoms with Crippen molar-refractivity contribution < 1.29 is 9.53 Å². The first-order valence-electron chi connectivity index (χ1n) is 7.47. The second-order valence-electron chi connectivity index (χ2n) is 5.06. The van der Waals surface area contributed by atoms with Gasteiger partial charge in [0, 0.05) is 0 Å². The van der Waals surface area contributed by atoms with Crippen molar-refractivity contribution in [3.05, 3.63) is 12.7 Å². The fourth-order valence-corrected chi connectivity index (χ4v) is 2.05. The van der Waals surface area contributed by atoms with Crippen LogP contribution in [0.2, 0.25) is 0 Å². The van der Waals surface area contributed by atoms with Crippen LogP contribution in [-0.4, -0.2) is 12.6 Å². The molecule has 0 aromatic rings. The zero-order valence-electron chi connectivity index (χ0n) is 13.2. The lowest BCUT2D eigenvalue weighted by Gasteiger charge is -2.28. The number of esters is 1. The standard InChI is InChI=1S/C16H30O2.H3N/c1-5-9-12-16(8-4,13-10-6-2)15(17)18-14-11-7-3;/h8H,4-7,9-14H2,1-3H3;1H3. The zero-order chi connectivity index (χ0) is 13.9.